The molecule has 5 rings (SSSR count). The normalized spacial score (nSPS) is 11.4. The molecule has 0 saturated heterocycles. The highest BCUT2D eigenvalue weighted by Gasteiger charge is 2.17. The Kier molecular flexibility index (Phi) is 4.17. The molecule has 0 bridgehead atoms. The standard InChI is InChI=1S/C26H22N2O/c1-16-9-10-21(26-24(16)22-13-17(2)28-18(3)25(22)29-26)23-15-20(11-12-27-23)14-19-7-5-4-6-8-19/h4-13,15H,14H2,1-3H3. The number of furan rings is 1. The molecule has 29 heavy (non-hydrogen) atoms. The third-order valence-electron chi connectivity index (χ3n) is 5.46. The summed E-state index contributed by atoms with van der Waals surface area (Å²) < 4.78 is 6.36. The number of fused-ring (bicyclic) bond motifs is 3. The lowest BCUT2D eigenvalue weighted by molar-refractivity contribution is 0.663. The van der Waals surface area contributed by atoms with Crippen LogP contribution in [0.25, 0.3) is 33.2 Å². The van der Waals surface area contributed by atoms with Crippen LogP contribution in [0.15, 0.2) is 71.3 Å². The van der Waals surface area contributed by atoms with Crippen LogP contribution in [0.1, 0.15) is 28.1 Å². The van der Waals surface area contributed by atoms with E-state index in [1.165, 1.54) is 16.7 Å². The lowest BCUT2D eigenvalue weighted by Gasteiger charge is -2.07. The molecule has 3 aromatic heterocycles. The molecule has 0 N–H and O–H groups in total. The van der Waals surface area contributed by atoms with Crippen molar-refractivity contribution in [2.24, 2.45) is 0 Å². The molecule has 142 valence electrons. The smallest absolute Gasteiger partial charge is 0.156 e. The van der Waals surface area contributed by atoms with E-state index in [9.17, 15) is 0 Å². The van der Waals surface area contributed by atoms with Crippen LogP contribution >= 0.6 is 0 Å². The number of benzene rings is 2. The van der Waals surface area contributed by atoms with Crippen molar-refractivity contribution in [2.45, 2.75) is 27.2 Å². The molecule has 3 heteroatoms. The first-order chi connectivity index (χ1) is 14.1. The number of aryl methyl sites for hydroxylation is 3. The van der Waals surface area contributed by atoms with Gasteiger partial charge in [-0.2, -0.15) is 0 Å². The number of nitrogens with zero attached hydrogens (tertiary/aromatic N) is 2. The van der Waals surface area contributed by atoms with Gasteiger partial charge >= 0.3 is 0 Å². The van der Waals surface area contributed by atoms with Gasteiger partial charge in [0, 0.05) is 28.2 Å². The summed E-state index contributed by atoms with van der Waals surface area (Å²) in [5.74, 6) is 0. The fraction of sp³-hybridized carbons (Fsp3) is 0.154. The summed E-state index contributed by atoms with van der Waals surface area (Å²) in [7, 11) is 0. The van der Waals surface area contributed by atoms with Gasteiger partial charge in [0.2, 0.25) is 0 Å². The van der Waals surface area contributed by atoms with Gasteiger partial charge in [-0.25, -0.2) is 0 Å². The van der Waals surface area contributed by atoms with E-state index in [4.69, 9.17) is 4.42 Å². The first-order valence-corrected chi connectivity index (χ1v) is 9.89. The number of hydrogen-bond acceptors (Lipinski definition) is 3. The summed E-state index contributed by atoms with van der Waals surface area (Å²) in [5.41, 5.74) is 9.37. The van der Waals surface area contributed by atoms with Crippen LogP contribution in [0.4, 0.5) is 0 Å². The van der Waals surface area contributed by atoms with Gasteiger partial charge in [-0.15, -0.1) is 0 Å². The molecule has 0 fully saturated rings. The van der Waals surface area contributed by atoms with Gasteiger partial charge in [0.1, 0.15) is 5.58 Å². The van der Waals surface area contributed by atoms with Crippen molar-refractivity contribution in [2.75, 3.05) is 0 Å². The Labute approximate surface area is 170 Å². The Bertz CT molecular complexity index is 1350. The van der Waals surface area contributed by atoms with Crippen LogP contribution < -0.4 is 0 Å². The summed E-state index contributed by atoms with van der Waals surface area (Å²) in [5, 5.41) is 2.28. The van der Waals surface area contributed by atoms with E-state index in [0.29, 0.717) is 0 Å². The molecule has 0 spiro atoms. The summed E-state index contributed by atoms with van der Waals surface area (Å²) in [6, 6.07) is 21.1. The minimum atomic E-state index is 0.863. The summed E-state index contributed by atoms with van der Waals surface area (Å²) in [6.45, 7) is 6.16. The molecule has 2 aromatic carbocycles. The maximum atomic E-state index is 6.36. The van der Waals surface area contributed by atoms with Gasteiger partial charge in [-0.05, 0) is 68.1 Å². The summed E-state index contributed by atoms with van der Waals surface area (Å²) >= 11 is 0. The maximum Gasteiger partial charge on any atom is 0.156 e. The third-order valence-corrected chi connectivity index (χ3v) is 5.46. The lowest BCUT2D eigenvalue weighted by Crippen LogP contribution is -1.91. The van der Waals surface area contributed by atoms with Crippen molar-refractivity contribution in [3.63, 3.8) is 0 Å². The Morgan fingerprint density at radius 2 is 1.66 bits per heavy atom. The second-order valence-corrected chi connectivity index (χ2v) is 7.67. The molecule has 3 nitrogen and oxygen atoms in total. The van der Waals surface area contributed by atoms with Crippen LogP contribution in [0.3, 0.4) is 0 Å². The van der Waals surface area contributed by atoms with Crippen molar-refractivity contribution >= 4 is 21.9 Å². The molecule has 0 saturated carbocycles. The zero-order valence-electron chi connectivity index (χ0n) is 16.9. The molecule has 0 unspecified atom stereocenters. The highest BCUT2D eigenvalue weighted by atomic mass is 16.3. The first-order valence-electron chi connectivity index (χ1n) is 9.89. The van der Waals surface area contributed by atoms with Crippen LogP contribution in [-0.2, 0) is 6.42 Å². The fourth-order valence-electron chi connectivity index (χ4n) is 4.12. The molecule has 0 atom stereocenters. The minimum absolute atomic E-state index is 0.863. The first kappa shape index (κ1) is 17.6. The predicted octanol–water partition coefficient (Wildman–Crippen LogP) is 6.56. The maximum absolute atomic E-state index is 6.36. The van der Waals surface area contributed by atoms with E-state index in [1.54, 1.807) is 0 Å². The van der Waals surface area contributed by atoms with E-state index in [1.807, 2.05) is 26.1 Å². The fourth-order valence-corrected chi connectivity index (χ4v) is 4.12. The summed E-state index contributed by atoms with van der Waals surface area (Å²) in [4.78, 5) is 9.25. The Morgan fingerprint density at radius 3 is 2.48 bits per heavy atom. The van der Waals surface area contributed by atoms with Crippen molar-refractivity contribution < 1.29 is 4.42 Å². The molecular formula is C26H22N2O. The summed E-state index contributed by atoms with van der Waals surface area (Å²) in [6.07, 6.45) is 2.77. The van der Waals surface area contributed by atoms with Crippen LogP contribution in [0.5, 0.6) is 0 Å². The number of pyridine rings is 2. The van der Waals surface area contributed by atoms with Gasteiger partial charge in [0.25, 0.3) is 0 Å². The monoisotopic (exact) mass is 378 g/mol. The van der Waals surface area contributed by atoms with Crippen molar-refractivity contribution in [3.05, 3.63) is 94.9 Å². The topological polar surface area (TPSA) is 38.9 Å². The molecule has 0 aliphatic carbocycles. The number of aromatic nitrogens is 2. The van der Waals surface area contributed by atoms with Crippen LogP contribution in [0, 0.1) is 20.8 Å². The van der Waals surface area contributed by atoms with E-state index in [0.717, 1.165) is 51.0 Å². The average Bonchev–Trinajstić information content (AvgIpc) is 3.10. The largest absolute Gasteiger partial charge is 0.453 e. The lowest BCUT2D eigenvalue weighted by atomic mass is 9.99. The SMILES string of the molecule is Cc1cc2c(oc3c(-c4cc(Cc5ccccc5)ccn4)ccc(C)c32)c(C)n1. The third kappa shape index (κ3) is 3.09. The Hall–Kier alpha value is -3.46. The highest BCUT2D eigenvalue weighted by molar-refractivity contribution is 6.11. The molecule has 0 aliphatic heterocycles. The van der Waals surface area contributed by atoms with Crippen molar-refractivity contribution in [3.8, 4) is 11.3 Å². The van der Waals surface area contributed by atoms with Gasteiger partial charge in [-0.1, -0.05) is 36.4 Å². The number of hydrogen-bond donors (Lipinski definition) is 0. The molecule has 3 heterocycles. The Morgan fingerprint density at radius 1 is 0.828 bits per heavy atom. The van der Waals surface area contributed by atoms with Crippen LogP contribution in [-0.4, -0.2) is 9.97 Å². The van der Waals surface area contributed by atoms with Gasteiger partial charge in [-0.3, -0.25) is 9.97 Å². The second kappa shape index (κ2) is 6.85. The average molecular weight is 378 g/mol. The number of rotatable bonds is 3. The van der Waals surface area contributed by atoms with E-state index in [2.05, 4.69) is 71.5 Å². The molecule has 5 aromatic rings. The predicted molar refractivity (Wildman–Crippen MR) is 118 cm³/mol. The molecular weight excluding hydrogens is 356 g/mol. The van der Waals surface area contributed by atoms with Crippen LogP contribution in [0.2, 0.25) is 0 Å². The molecule has 0 aliphatic rings. The van der Waals surface area contributed by atoms with Gasteiger partial charge in [0.05, 0.1) is 11.4 Å². The zero-order chi connectivity index (χ0) is 20.0. The van der Waals surface area contributed by atoms with Crippen molar-refractivity contribution in [1.82, 2.24) is 9.97 Å². The van der Waals surface area contributed by atoms with Gasteiger partial charge < -0.3 is 4.42 Å². The zero-order valence-corrected chi connectivity index (χ0v) is 16.9. The molecule has 0 amide bonds. The quantitative estimate of drug-likeness (QED) is 0.357. The minimum Gasteiger partial charge on any atom is -0.453 e. The van der Waals surface area contributed by atoms with Gasteiger partial charge in [0.15, 0.2) is 5.58 Å². The van der Waals surface area contributed by atoms with E-state index in [-0.39, 0.29) is 0 Å². The van der Waals surface area contributed by atoms with Crippen molar-refractivity contribution in [1.29, 1.82) is 0 Å². The Balaban J connectivity index is 1.69. The molecule has 0 radical (unpaired) electrons. The highest BCUT2D eigenvalue weighted by Crippen LogP contribution is 2.38. The van der Waals surface area contributed by atoms with E-state index >= 15 is 0 Å². The van der Waals surface area contributed by atoms with E-state index < -0.39 is 0 Å². The second-order valence-electron chi connectivity index (χ2n) is 7.67.